The van der Waals surface area contributed by atoms with Crippen LogP contribution < -0.4 is 24.2 Å². The fourth-order valence-electron chi connectivity index (χ4n) is 3.06. The predicted octanol–water partition coefficient (Wildman–Crippen LogP) is 0.400. The SMILES string of the molecule is O=C(CCN=C1NS(=O)(=O)c2ccccc21)NCC(O)COc1ccc2c(c1)OCO2. The molecule has 2 aliphatic rings. The molecule has 4 rings (SSSR count). The summed E-state index contributed by atoms with van der Waals surface area (Å²) >= 11 is 0. The van der Waals surface area contributed by atoms with Crippen molar-refractivity contribution < 1.29 is 32.5 Å². The molecule has 1 amide bonds. The van der Waals surface area contributed by atoms with Crippen molar-refractivity contribution in [1.29, 1.82) is 0 Å². The Morgan fingerprint density at radius 2 is 2.03 bits per heavy atom. The lowest BCUT2D eigenvalue weighted by atomic mass is 10.2. The number of rotatable bonds is 8. The highest BCUT2D eigenvalue weighted by molar-refractivity contribution is 7.90. The number of amidine groups is 1. The standard InChI is InChI=1S/C20H21N3O7S/c24-13(11-28-14-5-6-16-17(9-14)30-12-29-16)10-22-19(25)7-8-21-20-15-3-1-2-4-18(15)31(26,27)23-20/h1-6,9,13,24H,7-8,10-12H2,(H,21,23)(H,22,25). The van der Waals surface area contributed by atoms with Gasteiger partial charge in [-0.2, -0.15) is 0 Å². The van der Waals surface area contributed by atoms with Gasteiger partial charge in [-0.05, 0) is 24.3 Å². The van der Waals surface area contributed by atoms with E-state index in [1.165, 1.54) is 6.07 Å². The summed E-state index contributed by atoms with van der Waals surface area (Å²) in [6.45, 7) is 0.259. The van der Waals surface area contributed by atoms with Gasteiger partial charge < -0.3 is 24.6 Å². The number of aliphatic imine (C=N–C) groups is 1. The molecule has 164 valence electrons. The fraction of sp³-hybridized carbons (Fsp3) is 0.300. The molecule has 2 heterocycles. The topological polar surface area (TPSA) is 136 Å². The molecular weight excluding hydrogens is 426 g/mol. The molecule has 2 aromatic rings. The summed E-state index contributed by atoms with van der Waals surface area (Å²) in [7, 11) is -3.60. The van der Waals surface area contributed by atoms with Gasteiger partial charge in [-0.1, -0.05) is 12.1 Å². The molecule has 3 N–H and O–H groups in total. The van der Waals surface area contributed by atoms with Gasteiger partial charge in [0.05, 0.1) is 11.4 Å². The second kappa shape index (κ2) is 8.82. The Morgan fingerprint density at radius 1 is 1.23 bits per heavy atom. The third-order valence-corrected chi connectivity index (χ3v) is 5.99. The Bertz CT molecular complexity index is 1120. The molecule has 10 nitrogen and oxygen atoms in total. The van der Waals surface area contributed by atoms with Gasteiger partial charge in [0.1, 0.15) is 24.3 Å². The lowest BCUT2D eigenvalue weighted by Crippen LogP contribution is -2.35. The molecule has 2 aliphatic heterocycles. The molecule has 1 atom stereocenters. The Labute approximate surface area is 178 Å². The molecule has 0 spiro atoms. The summed E-state index contributed by atoms with van der Waals surface area (Å²) in [6.07, 6.45) is -0.863. The monoisotopic (exact) mass is 447 g/mol. The van der Waals surface area contributed by atoms with Crippen LogP contribution in [0.25, 0.3) is 0 Å². The number of nitrogens with zero attached hydrogens (tertiary/aromatic N) is 1. The van der Waals surface area contributed by atoms with Gasteiger partial charge in [0.2, 0.25) is 12.7 Å². The minimum Gasteiger partial charge on any atom is -0.491 e. The second-order valence-electron chi connectivity index (χ2n) is 6.87. The Kier molecular flexibility index (Phi) is 5.96. The van der Waals surface area contributed by atoms with Crippen LogP contribution in [-0.2, 0) is 14.8 Å². The predicted molar refractivity (Wildman–Crippen MR) is 110 cm³/mol. The minimum atomic E-state index is -3.60. The summed E-state index contributed by atoms with van der Waals surface area (Å²) in [5.41, 5.74) is 0.485. The van der Waals surface area contributed by atoms with Crippen molar-refractivity contribution in [3.8, 4) is 17.2 Å². The first kappa shape index (κ1) is 20.9. The number of hydrogen-bond acceptors (Lipinski definition) is 8. The van der Waals surface area contributed by atoms with Crippen molar-refractivity contribution in [2.75, 3.05) is 26.5 Å². The number of nitrogens with one attached hydrogen (secondary N) is 2. The van der Waals surface area contributed by atoms with Crippen molar-refractivity contribution in [1.82, 2.24) is 10.0 Å². The Hall–Kier alpha value is -3.31. The van der Waals surface area contributed by atoms with Gasteiger partial charge in [0, 0.05) is 24.6 Å². The maximum Gasteiger partial charge on any atom is 0.263 e. The van der Waals surface area contributed by atoms with Crippen LogP contribution in [0.4, 0.5) is 0 Å². The maximum atomic E-state index is 12.0. The smallest absolute Gasteiger partial charge is 0.263 e. The van der Waals surface area contributed by atoms with Gasteiger partial charge in [-0.15, -0.1) is 0 Å². The van der Waals surface area contributed by atoms with E-state index in [9.17, 15) is 18.3 Å². The first-order valence-corrected chi connectivity index (χ1v) is 11.0. The van der Waals surface area contributed by atoms with Gasteiger partial charge in [-0.25, -0.2) is 8.42 Å². The van der Waals surface area contributed by atoms with E-state index in [2.05, 4.69) is 15.0 Å². The average Bonchev–Trinajstić information content (AvgIpc) is 3.33. The number of carbonyl (C=O) groups is 1. The summed E-state index contributed by atoms with van der Waals surface area (Å²) in [5.74, 6) is 1.64. The van der Waals surface area contributed by atoms with E-state index in [4.69, 9.17) is 14.2 Å². The molecule has 0 aliphatic carbocycles. The number of sulfonamides is 1. The zero-order chi connectivity index (χ0) is 21.8. The number of aliphatic hydroxyl groups is 1. The summed E-state index contributed by atoms with van der Waals surface area (Å²) in [4.78, 5) is 16.4. The lowest BCUT2D eigenvalue weighted by Gasteiger charge is -2.13. The first-order chi connectivity index (χ1) is 14.9. The molecule has 11 heteroatoms. The van der Waals surface area contributed by atoms with Crippen LogP contribution in [0.5, 0.6) is 17.2 Å². The molecule has 0 radical (unpaired) electrons. The third kappa shape index (κ3) is 4.89. The Morgan fingerprint density at radius 3 is 2.90 bits per heavy atom. The quantitative estimate of drug-likeness (QED) is 0.533. The molecule has 2 aromatic carbocycles. The van der Waals surface area contributed by atoms with Crippen molar-refractivity contribution in [2.24, 2.45) is 4.99 Å². The van der Waals surface area contributed by atoms with E-state index < -0.39 is 16.1 Å². The Balaban J connectivity index is 1.20. The van der Waals surface area contributed by atoms with E-state index in [1.807, 2.05) is 0 Å². The van der Waals surface area contributed by atoms with E-state index in [0.29, 0.717) is 22.8 Å². The second-order valence-corrected chi connectivity index (χ2v) is 8.52. The number of aliphatic hydroxyl groups excluding tert-OH is 1. The molecule has 0 fully saturated rings. The van der Waals surface area contributed by atoms with Crippen LogP contribution in [0.2, 0.25) is 0 Å². The number of amides is 1. The van der Waals surface area contributed by atoms with E-state index >= 15 is 0 Å². The highest BCUT2D eigenvalue weighted by Gasteiger charge is 2.29. The summed E-state index contributed by atoms with van der Waals surface area (Å²) in [5, 5.41) is 12.6. The molecular formula is C20H21N3O7S. The summed E-state index contributed by atoms with van der Waals surface area (Å²) in [6, 6.07) is 11.6. The highest BCUT2D eigenvalue weighted by Crippen LogP contribution is 2.35. The largest absolute Gasteiger partial charge is 0.491 e. The molecule has 31 heavy (non-hydrogen) atoms. The van der Waals surface area contributed by atoms with Crippen LogP contribution in [0.3, 0.4) is 0 Å². The number of ether oxygens (including phenoxy) is 3. The number of fused-ring (bicyclic) bond motifs is 2. The third-order valence-electron chi connectivity index (χ3n) is 4.59. The summed E-state index contributed by atoms with van der Waals surface area (Å²) < 4.78 is 42.4. The lowest BCUT2D eigenvalue weighted by molar-refractivity contribution is -0.121. The number of hydrogen-bond donors (Lipinski definition) is 3. The van der Waals surface area contributed by atoms with Crippen LogP contribution in [-0.4, -0.2) is 57.9 Å². The molecule has 0 saturated carbocycles. The zero-order valence-corrected chi connectivity index (χ0v) is 17.2. The van der Waals surface area contributed by atoms with Crippen LogP contribution in [0, 0.1) is 0 Å². The molecule has 0 saturated heterocycles. The van der Waals surface area contributed by atoms with Crippen molar-refractivity contribution in [3.05, 3.63) is 48.0 Å². The van der Waals surface area contributed by atoms with Crippen LogP contribution in [0.15, 0.2) is 52.4 Å². The molecule has 0 aromatic heterocycles. The molecule has 0 bridgehead atoms. The van der Waals surface area contributed by atoms with Crippen molar-refractivity contribution in [3.63, 3.8) is 0 Å². The maximum absolute atomic E-state index is 12.0. The van der Waals surface area contributed by atoms with Crippen LogP contribution in [0.1, 0.15) is 12.0 Å². The van der Waals surface area contributed by atoms with Crippen molar-refractivity contribution >= 4 is 21.8 Å². The highest BCUT2D eigenvalue weighted by atomic mass is 32.2. The average molecular weight is 447 g/mol. The van der Waals surface area contributed by atoms with Crippen LogP contribution >= 0.6 is 0 Å². The van der Waals surface area contributed by atoms with Gasteiger partial charge in [-0.3, -0.25) is 14.5 Å². The minimum absolute atomic E-state index is 0.00934. The van der Waals surface area contributed by atoms with E-state index in [-0.39, 0.29) is 49.5 Å². The fourth-order valence-corrected chi connectivity index (χ4v) is 4.31. The zero-order valence-electron chi connectivity index (χ0n) is 16.4. The van der Waals surface area contributed by atoms with Gasteiger partial charge in [0.15, 0.2) is 11.5 Å². The van der Waals surface area contributed by atoms with Crippen molar-refractivity contribution in [2.45, 2.75) is 17.4 Å². The van der Waals surface area contributed by atoms with Gasteiger partial charge in [0.25, 0.3) is 10.0 Å². The number of benzene rings is 2. The van der Waals surface area contributed by atoms with E-state index in [1.54, 1.807) is 36.4 Å². The van der Waals surface area contributed by atoms with Gasteiger partial charge >= 0.3 is 0 Å². The molecule has 1 unspecified atom stereocenters. The first-order valence-electron chi connectivity index (χ1n) is 9.56. The van der Waals surface area contributed by atoms with E-state index in [0.717, 1.165) is 0 Å². The number of carbonyl (C=O) groups excluding carboxylic acids is 1. The normalized spacial score (nSPS) is 17.6.